The number of hydrogen-bond acceptors (Lipinski definition) is 3. The van der Waals surface area contributed by atoms with Gasteiger partial charge in [-0.15, -0.1) is 0 Å². The van der Waals surface area contributed by atoms with E-state index < -0.39 is 5.82 Å². The molecule has 0 aliphatic heterocycles. The van der Waals surface area contributed by atoms with Crippen molar-refractivity contribution in [3.63, 3.8) is 0 Å². The lowest BCUT2D eigenvalue weighted by Gasteiger charge is -2.37. The van der Waals surface area contributed by atoms with Gasteiger partial charge in [0.1, 0.15) is 5.82 Å². The quantitative estimate of drug-likeness (QED) is 0.776. The zero-order chi connectivity index (χ0) is 12.4. The fraction of sp³-hybridized carbons (Fsp3) is 0.538. The van der Waals surface area contributed by atoms with Crippen LogP contribution in [0.3, 0.4) is 0 Å². The van der Waals surface area contributed by atoms with Gasteiger partial charge in [-0.25, -0.2) is 4.39 Å². The molecule has 2 rings (SSSR count). The Morgan fingerprint density at radius 1 is 1.35 bits per heavy atom. The highest BCUT2D eigenvalue weighted by atomic mass is 19.1. The fourth-order valence-electron chi connectivity index (χ4n) is 2.56. The van der Waals surface area contributed by atoms with E-state index >= 15 is 0 Å². The Kier molecular flexibility index (Phi) is 3.52. The number of rotatable bonds is 2. The third-order valence-corrected chi connectivity index (χ3v) is 3.60. The molecule has 0 aromatic heterocycles. The molecule has 0 saturated heterocycles. The number of nitrogen functional groups attached to an aromatic ring is 1. The summed E-state index contributed by atoms with van der Waals surface area (Å²) in [4.78, 5) is 1.90. The molecule has 0 amide bonds. The van der Waals surface area contributed by atoms with Gasteiger partial charge in [-0.1, -0.05) is 18.9 Å². The van der Waals surface area contributed by atoms with Crippen molar-refractivity contribution in [2.75, 3.05) is 17.7 Å². The van der Waals surface area contributed by atoms with Crippen molar-refractivity contribution in [2.45, 2.75) is 37.8 Å². The SMILES string of the molecule is CN(c1cccc(F)c1N)C1CCCCC1O. The summed E-state index contributed by atoms with van der Waals surface area (Å²) >= 11 is 0. The average molecular weight is 238 g/mol. The van der Waals surface area contributed by atoms with E-state index in [1.165, 1.54) is 6.07 Å². The maximum atomic E-state index is 13.4. The first-order valence-electron chi connectivity index (χ1n) is 6.06. The summed E-state index contributed by atoms with van der Waals surface area (Å²) in [5, 5.41) is 9.98. The molecule has 0 bridgehead atoms. The molecule has 1 aromatic carbocycles. The topological polar surface area (TPSA) is 49.5 Å². The number of halogens is 1. The largest absolute Gasteiger partial charge is 0.395 e. The zero-order valence-electron chi connectivity index (χ0n) is 10.1. The van der Waals surface area contributed by atoms with Gasteiger partial charge >= 0.3 is 0 Å². The summed E-state index contributed by atoms with van der Waals surface area (Å²) in [6.45, 7) is 0. The Labute approximate surface area is 101 Å². The number of hydrogen-bond donors (Lipinski definition) is 2. The molecule has 0 radical (unpaired) electrons. The van der Waals surface area contributed by atoms with Crippen LogP contribution in [0, 0.1) is 5.82 Å². The van der Waals surface area contributed by atoms with Crippen LogP contribution in [0.4, 0.5) is 15.8 Å². The third kappa shape index (κ3) is 2.36. The highest BCUT2D eigenvalue weighted by molar-refractivity contribution is 5.68. The van der Waals surface area contributed by atoms with Crippen molar-refractivity contribution < 1.29 is 9.50 Å². The molecular weight excluding hydrogens is 219 g/mol. The average Bonchev–Trinajstić information content (AvgIpc) is 2.32. The lowest BCUT2D eigenvalue weighted by atomic mass is 9.91. The van der Waals surface area contributed by atoms with Gasteiger partial charge in [-0.05, 0) is 25.0 Å². The predicted octanol–water partition coefficient (Wildman–Crippen LogP) is 2.15. The standard InChI is InChI=1S/C13H19FN2O/c1-16(10-6-2-3-8-12(10)17)11-7-4-5-9(14)13(11)15/h4-5,7,10,12,17H,2-3,6,8,15H2,1H3. The molecule has 2 unspecified atom stereocenters. The number of nitrogens with two attached hydrogens (primary N) is 1. The molecule has 3 nitrogen and oxygen atoms in total. The lowest BCUT2D eigenvalue weighted by molar-refractivity contribution is 0.106. The maximum Gasteiger partial charge on any atom is 0.148 e. The Morgan fingerprint density at radius 3 is 2.76 bits per heavy atom. The number of para-hydroxylation sites is 1. The second-order valence-electron chi connectivity index (χ2n) is 4.70. The molecule has 0 heterocycles. The summed E-state index contributed by atoms with van der Waals surface area (Å²) in [5.74, 6) is -0.403. The van der Waals surface area contributed by atoms with E-state index in [0.29, 0.717) is 5.69 Å². The molecule has 3 N–H and O–H groups in total. The maximum absolute atomic E-state index is 13.4. The van der Waals surface area contributed by atoms with E-state index in [1.807, 2.05) is 11.9 Å². The molecule has 1 aromatic rings. The van der Waals surface area contributed by atoms with Crippen molar-refractivity contribution in [1.82, 2.24) is 0 Å². The van der Waals surface area contributed by atoms with E-state index in [2.05, 4.69) is 0 Å². The first-order valence-corrected chi connectivity index (χ1v) is 6.06. The molecule has 17 heavy (non-hydrogen) atoms. The smallest absolute Gasteiger partial charge is 0.148 e. The van der Waals surface area contributed by atoms with Gasteiger partial charge in [0.15, 0.2) is 0 Å². The highest BCUT2D eigenvalue weighted by Gasteiger charge is 2.27. The molecule has 1 aliphatic carbocycles. The van der Waals surface area contributed by atoms with Crippen LogP contribution in [0.2, 0.25) is 0 Å². The van der Waals surface area contributed by atoms with Crippen LogP contribution < -0.4 is 10.6 Å². The Balaban J connectivity index is 2.23. The fourth-order valence-corrected chi connectivity index (χ4v) is 2.56. The van der Waals surface area contributed by atoms with Crippen LogP contribution in [-0.4, -0.2) is 24.3 Å². The van der Waals surface area contributed by atoms with E-state index in [4.69, 9.17) is 5.73 Å². The first kappa shape index (κ1) is 12.2. The molecule has 4 heteroatoms. The number of likely N-dealkylation sites (N-methyl/N-ethyl adjacent to an activating group) is 1. The van der Waals surface area contributed by atoms with Crippen molar-refractivity contribution in [3.8, 4) is 0 Å². The number of anilines is 2. The van der Waals surface area contributed by atoms with E-state index in [1.54, 1.807) is 12.1 Å². The van der Waals surface area contributed by atoms with Crippen LogP contribution in [-0.2, 0) is 0 Å². The van der Waals surface area contributed by atoms with Crippen LogP contribution in [0.15, 0.2) is 18.2 Å². The molecule has 1 saturated carbocycles. The minimum absolute atomic E-state index is 0.0350. The van der Waals surface area contributed by atoms with Crippen molar-refractivity contribution in [3.05, 3.63) is 24.0 Å². The lowest BCUT2D eigenvalue weighted by Crippen LogP contribution is -2.43. The zero-order valence-corrected chi connectivity index (χ0v) is 10.1. The minimum Gasteiger partial charge on any atom is -0.395 e. The van der Waals surface area contributed by atoms with Crippen molar-refractivity contribution >= 4 is 11.4 Å². The van der Waals surface area contributed by atoms with Crippen LogP contribution in [0.25, 0.3) is 0 Å². The predicted molar refractivity (Wildman–Crippen MR) is 67.5 cm³/mol. The molecule has 1 fully saturated rings. The number of aliphatic hydroxyl groups is 1. The number of aliphatic hydroxyl groups excluding tert-OH is 1. The Bertz CT molecular complexity index is 397. The van der Waals surface area contributed by atoms with Gasteiger partial charge in [-0.3, -0.25) is 0 Å². The molecular formula is C13H19FN2O. The normalized spacial score (nSPS) is 24.6. The van der Waals surface area contributed by atoms with Gasteiger partial charge in [0, 0.05) is 7.05 Å². The molecule has 94 valence electrons. The summed E-state index contributed by atoms with van der Waals surface area (Å²) in [6.07, 6.45) is 3.54. The Hall–Kier alpha value is -1.29. The number of nitrogens with zero attached hydrogens (tertiary/aromatic N) is 1. The van der Waals surface area contributed by atoms with Crippen LogP contribution >= 0.6 is 0 Å². The van der Waals surface area contributed by atoms with Gasteiger partial charge in [0.05, 0.1) is 23.5 Å². The second-order valence-corrected chi connectivity index (χ2v) is 4.70. The molecule has 1 aliphatic rings. The minimum atomic E-state index is -0.403. The van der Waals surface area contributed by atoms with Gasteiger partial charge < -0.3 is 15.7 Å². The van der Waals surface area contributed by atoms with E-state index in [-0.39, 0.29) is 17.8 Å². The molecule has 0 spiro atoms. The molecule has 2 atom stereocenters. The Morgan fingerprint density at radius 2 is 2.06 bits per heavy atom. The second kappa shape index (κ2) is 4.92. The number of benzene rings is 1. The summed E-state index contributed by atoms with van der Waals surface area (Å²) in [7, 11) is 1.87. The third-order valence-electron chi connectivity index (χ3n) is 3.60. The summed E-state index contributed by atoms with van der Waals surface area (Å²) in [5.41, 5.74) is 6.56. The highest BCUT2D eigenvalue weighted by Crippen LogP contribution is 2.31. The monoisotopic (exact) mass is 238 g/mol. The van der Waals surface area contributed by atoms with E-state index in [9.17, 15) is 9.50 Å². The van der Waals surface area contributed by atoms with Gasteiger partial charge in [0.2, 0.25) is 0 Å². The summed E-state index contributed by atoms with van der Waals surface area (Å²) in [6, 6.07) is 4.82. The van der Waals surface area contributed by atoms with Crippen molar-refractivity contribution in [2.24, 2.45) is 0 Å². The van der Waals surface area contributed by atoms with Crippen molar-refractivity contribution in [1.29, 1.82) is 0 Å². The van der Waals surface area contributed by atoms with Gasteiger partial charge in [-0.2, -0.15) is 0 Å². The van der Waals surface area contributed by atoms with E-state index in [0.717, 1.165) is 25.7 Å². The van der Waals surface area contributed by atoms with Crippen LogP contribution in [0.5, 0.6) is 0 Å². The van der Waals surface area contributed by atoms with Gasteiger partial charge in [0.25, 0.3) is 0 Å². The summed E-state index contributed by atoms with van der Waals surface area (Å²) < 4.78 is 13.4. The first-order chi connectivity index (χ1) is 8.11. The van der Waals surface area contributed by atoms with Crippen LogP contribution in [0.1, 0.15) is 25.7 Å².